The first-order chi connectivity index (χ1) is 12.8. The molecule has 26 heavy (non-hydrogen) atoms. The zero-order chi connectivity index (χ0) is 17.8. The smallest absolute Gasteiger partial charge is 0.205 e. The Hall–Kier alpha value is -1.87. The highest BCUT2D eigenvalue weighted by Gasteiger charge is 2.21. The zero-order valence-corrected chi connectivity index (χ0v) is 16.3. The summed E-state index contributed by atoms with van der Waals surface area (Å²) in [5.41, 5.74) is 2.34. The van der Waals surface area contributed by atoms with Gasteiger partial charge in [-0.25, -0.2) is 9.97 Å². The van der Waals surface area contributed by atoms with Gasteiger partial charge in [-0.1, -0.05) is 30.3 Å². The van der Waals surface area contributed by atoms with Gasteiger partial charge in [0, 0.05) is 62.3 Å². The third kappa shape index (κ3) is 4.09. The van der Waals surface area contributed by atoms with Gasteiger partial charge in [0.15, 0.2) is 5.82 Å². The van der Waals surface area contributed by atoms with E-state index in [-0.39, 0.29) is 0 Å². The highest BCUT2D eigenvalue weighted by Crippen LogP contribution is 2.25. The van der Waals surface area contributed by atoms with Gasteiger partial charge in [0.05, 0.1) is 5.69 Å². The van der Waals surface area contributed by atoms with Crippen LogP contribution in [0.5, 0.6) is 0 Å². The van der Waals surface area contributed by atoms with Gasteiger partial charge < -0.3 is 9.64 Å². The van der Waals surface area contributed by atoms with Crippen LogP contribution in [-0.2, 0) is 17.9 Å². The normalized spacial score (nSPS) is 15.5. The monoisotopic (exact) mass is 387 g/mol. The molecule has 3 aromatic rings. The van der Waals surface area contributed by atoms with Crippen molar-refractivity contribution in [2.75, 3.05) is 38.2 Å². The molecule has 8 heteroatoms. The molecule has 0 spiro atoms. The van der Waals surface area contributed by atoms with Gasteiger partial charge in [0.1, 0.15) is 11.6 Å². The lowest BCUT2D eigenvalue weighted by molar-refractivity contribution is 0.179. The number of ether oxygens (including phenoxy) is 1. The standard InChI is InChI=1S/C18H21N5OS2/c1-24-12-16-20-18(26-21-16)23-9-7-22(8-10-23)11-15-13-25-17(19-15)14-5-3-2-4-6-14/h2-6,13H,7-12H2,1H3. The number of hydrogen-bond donors (Lipinski definition) is 0. The maximum absolute atomic E-state index is 5.09. The largest absolute Gasteiger partial charge is 0.377 e. The van der Waals surface area contributed by atoms with Gasteiger partial charge in [-0.05, 0) is 0 Å². The first-order valence-electron chi connectivity index (χ1n) is 8.60. The molecule has 0 radical (unpaired) electrons. The van der Waals surface area contributed by atoms with Crippen molar-refractivity contribution in [2.24, 2.45) is 0 Å². The topological polar surface area (TPSA) is 54.4 Å². The van der Waals surface area contributed by atoms with E-state index in [0.717, 1.165) is 54.4 Å². The van der Waals surface area contributed by atoms with E-state index in [4.69, 9.17) is 9.72 Å². The van der Waals surface area contributed by atoms with E-state index in [1.165, 1.54) is 17.1 Å². The van der Waals surface area contributed by atoms with E-state index in [1.807, 2.05) is 6.07 Å². The van der Waals surface area contributed by atoms with Crippen LogP contribution in [0, 0.1) is 0 Å². The van der Waals surface area contributed by atoms with Crippen LogP contribution in [-0.4, -0.2) is 52.5 Å². The summed E-state index contributed by atoms with van der Waals surface area (Å²) >= 11 is 3.18. The molecule has 0 unspecified atom stereocenters. The molecular weight excluding hydrogens is 366 g/mol. The summed E-state index contributed by atoms with van der Waals surface area (Å²) in [5, 5.41) is 4.27. The summed E-state index contributed by atoms with van der Waals surface area (Å²) in [6.45, 7) is 5.34. The molecule has 0 atom stereocenters. The van der Waals surface area contributed by atoms with Crippen molar-refractivity contribution in [2.45, 2.75) is 13.2 Å². The van der Waals surface area contributed by atoms with E-state index in [9.17, 15) is 0 Å². The lowest BCUT2D eigenvalue weighted by Crippen LogP contribution is -2.46. The van der Waals surface area contributed by atoms with Crippen LogP contribution in [0.2, 0.25) is 0 Å². The van der Waals surface area contributed by atoms with E-state index in [1.54, 1.807) is 18.4 Å². The molecule has 1 aliphatic heterocycles. The number of benzene rings is 1. The van der Waals surface area contributed by atoms with Crippen molar-refractivity contribution >= 4 is 28.0 Å². The maximum atomic E-state index is 5.09. The third-order valence-corrected chi connectivity index (χ3v) is 6.09. The summed E-state index contributed by atoms with van der Waals surface area (Å²) in [5.74, 6) is 0.769. The van der Waals surface area contributed by atoms with Crippen molar-refractivity contribution in [3.8, 4) is 10.6 Å². The third-order valence-electron chi connectivity index (χ3n) is 4.33. The molecule has 2 aromatic heterocycles. The molecule has 3 heterocycles. The molecule has 1 aromatic carbocycles. The van der Waals surface area contributed by atoms with Crippen LogP contribution < -0.4 is 4.90 Å². The molecule has 0 aliphatic carbocycles. The van der Waals surface area contributed by atoms with E-state index >= 15 is 0 Å². The summed E-state index contributed by atoms with van der Waals surface area (Å²) in [6.07, 6.45) is 0. The van der Waals surface area contributed by atoms with Crippen LogP contribution >= 0.6 is 22.9 Å². The number of methoxy groups -OCH3 is 1. The Morgan fingerprint density at radius 3 is 2.65 bits per heavy atom. The fourth-order valence-corrected chi connectivity index (χ4v) is 4.52. The Morgan fingerprint density at radius 2 is 1.88 bits per heavy atom. The molecule has 1 fully saturated rings. The van der Waals surface area contributed by atoms with Gasteiger partial charge in [0.25, 0.3) is 0 Å². The van der Waals surface area contributed by atoms with Crippen LogP contribution in [0.25, 0.3) is 10.6 Å². The average Bonchev–Trinajstić information content (AvgIpc) is 3.33. The van der Waals surface area contributed by atoms with E-state index < -0.39 is 0 Å². The highest BCUT2D eigenvalue weighted by atomic mass is 32.1. The Balaban J connectivity index is 1.32. The highest BCUT2D eigenvalue weighted by molar-refractivity contribution is 7.13. The fraction of sp³-hybridized carbons (Fsp3) is 0.389. The number of aromatic nitrogens is 3. The van der Waals surface area contributed by atoms with E-state index in [0.29, 0.717) is 6.61 Å². The lowest BCUT2D eigenvalue weighted by Gasteiger charge is -2.33. The quantitative estimate of drug-likeness (QED) is 0.648. The summed E-state index contributed by atoms with van der Waals surface area (Å²) < 4.78 is 9.44. The van der Waals surface area contributed by atoms with Crippen LogP contribution in [0.4, 0.5) is 5.13 Å². The Kier molecular flexibility index (Phi) is 5.54. The van der Waals surface area contributed by atoms with Crippen molar-refractivity contribution in [1.82, 2.24) is 19.2 Å². The molecule has 136 valence electrons. The minimum absolute atomic E-state index is 0.476. The lowest BCUT2D eigenvalue weighted by atomic mass is 10.2. The zero-order valence-electron chi connectivity index (χ0n) is 14.7. The maximum Gasteiger partial charge on any atom is 0.205 e. The minimum Gasteiger partial charge on any atom is -0.377 e. The predicted molar refractivity (Wildman–Crippen MR) is 106 cm³/mol. The van der Waals surface area contributed by atoms with Crippen molar-refractivity contribution in [1.29, 1.82) is 0 Å². The summed E-state index contributed by atoms with van der Waals surface area (Å²) in [4.78, 5) is 14.1. The second kappa shape index (κ2) is 8.22. The molecule has 0 bridgehead atoms. The van der Waals surface area contributed by atoms with Crippen molar-refractivity contribution in [3.63, 3.8) is 0 Å². The van der Waals surface area contributed by atoms with Gasteiger partial charge in [-0.15, -0.1) is 11.3 Å². The fourth-order valence-electron chi connectivity index (χ4n) is 2.98. The van der Waals surface area contributed by atoms with Crippen LogP contribution in [0.15, 0.2) is 35.7 Å². The number of nitrogens with zero attached hydrogens (tertiary/aromatic N) is 5. The second-order valence-corrected chi connectivity index (χ2v) is 7.79. The number of rotatable bonds is 6. The number of thiazole rings is 1. The average molecular weight is 388 g/mol. The molecule has 1 saturated heterocycles. The second-order valence-electron chi connectivity index (χ2n) is 6.20. The van der Waals surface area contributed by atoms with Crippen molar-refractivity contribution < 1.29 is 4.74 Å². The van der Waals surface area contributed by atoms with Gasteiger partial charge in [0.2, 0.25) is 5.13 Å². The predicted octanol–water partition coefficient (Wildman–Crippen LogP) is 3.13. The Morgan fingerprint density at radius 1 is 1.08 bits per heavy atom. The van der Waals surface area contributed by atoms with Crippen LogP contribution in [0.3, 0.4) is 0 Å². The molecule has 6 nitrogen and oxygen atoms in total. The first kappa shape index (κ1) is 17.5. The summed E-state index contributed by atoms with van der Waals surface area (Å²) in [6, 6.07) is 10.4. The van der Waals surface area contributed by atoms with Gasteiger partial charge in [-0.3, -0.25) is 4.90 Å². The number of hydrogen-bond acceptors (Lipinski definition) is 8. The molecule has 0 N–H and O–H groups in total. The SMILES string of the molecule is COCc1nsc(N2CCN(Cc3csc(-c4ccccc4)n3)CC2)n1. The molecule has 1 aliphatic rings. The molecule has 0 amide bonds. The van der Waals surface area contributed by atoms with Gasteiger partial charge >= 0.3 is 0 Å². The Labute approximate surface area is 161 Å². The number of anilines is 1. The van der Waals surface area contributed by atoms with Gasteiger partial charge in [-0.2, -0.15) is 4.37 Å². The minimum atomic E-state index is 0.476. The Bertz CT molecular complexity index is 827. The van der Waals surface area contributed by atoms with E-state index in [2.05, 4.69) is 48.8 Å². The van der Waals surface area contributed by atoms with Crippen molar-refractivity contribution in [3.05, 3.63) is 47.2 Å². The number of piperazine rings is 1. The first-order valence-corrected chi connectivity index (χ1v) is 10.3. The molecule has 0 saturated carbocycles. The molecular formula is C18H21N5OS2. The van der Waals surface area contributed by atoms with Crippen LogP contribution in [0.1, 0.15) is 11.5 Å². The summed E-state index contributed by atoms with van der Waals surface area (Å²) in [7, 11) is 1.67. The molecule has 4 rings (SSSR count).